The lowest BCUT2D eigenvalue weighted by Crippen LogP contribution is -2.27. The Labute approximate surface area is 178 Å². The van der Waals surface area contributed by atoms with E-state index in [9.17, 15) is 4.79 Å². The van der Waals surface area contributed by atoms with Gasteiger partial charge in [-0.05, 0) is 30.5 Å². The number of amides is 1. The molecule has 0 atom stereocenters. The highest BCUT2D eigenvalue weighted by atomic mass is 32.2. The van der Waals surface area contributed by atoms with Crippen molar-refractivity contribution in [1.82, 2.24) is 4.57 Å². The molecule has 4 aromatic rings. The van der Waals surface area contributed by atoms with Gasteiger partial charge in [0.2, 0.25) is 0 Å². The first-order chi connectivity index (χ1) is 14.2. The minimum absolute atomic E-state index is 0.0651. The van der Waals surface area contributed by atoms with Crippen LogP contribution in [0.1, 0.15) is 12.5 Å². The zero-order valence-electron chi connectivity index (χ0n) is 15.8. The van der Waals surface area contributed by atoms with E-state index in [4.69, 9.17) is 12.2 Å². The van der Waals surface area contributed by atoms with Crippen LogP contribution in [0.5, 0.6) is 0 Å². The van der Waals surface area contributed by atoms with Crippen LogP contribution in [0.4, 0.5) is 5.69 Å². The molecule has 5 rings (SSSR count). The lowest BCUT2D eigenvalue weighted by molar-refractivity contribution is -0.113. The smallest absolute Gasteiger partial charge is 0.270 e. The summed E-state index contributed by atoms with van der Waals surface area (Å²) in [5, 5.41) is 3.26. The van der Waals surface area contributed by atoms with Gasteiger partial charge in [0.1, 0.15) is 0 Å². The largest absolute Gasteiger partial charge is 0.347 e. The summed E-state index contributed by atoms with van der Waals surface area (Å²) in [6.07, 6.45) is 4.08. The quantitative estimate of drug-likeness (QED) is 0.294. The predicted molar refractivity (Wildman–Crippen MR) is 127 cm³/mol. The summed E-state index contributed by atoms with van der Waals surface area (Å²) in [6, 6.07) is 22.3. The fraction of sp³-hybridized carbons (Fsp3) is 0.0833. The van der Waals surface area contributed by atoms with E-state index in [1.807, 2.05) is 60.7 Å². The number of carbonyl (C=O) groups excluding carboxylic acids is 1. The van der Waals surface area contributed by atoms with Gasteiger partial charge in [-0.2, -0.15) is 0 Å². The number of para-hydroxylation sites is 1. The lowest BCUT2D eigenvalue weighted by Gasteiger charge is -2.17. The maximum Gasteiger partial charge on any atom is 0.270 e. The average Bonchev–Trinajstić information content (AvgIpc) is 3.24. The number of anilines is 1. The van der Waals surface area contributed by atoms with Crippen molar-refractivity contribution in [3.8, 4) is 0 Å². The molecule has 0 bridgehead atoms. The van der Waals surface area contributed by atoms with Gasteiger partial charge in [-0.3, -0.25) is 9.69 Å². The molecule has 0 unspecified atom stereocenters. The van der Waals surface area contributed by atoms with Crippen LogP contribution in [-0.2, 0) is 11.3 Å². The first kappa shape index (κ1) is 18.2. The van der Waals surface area contributed by atoms with E-state index in [1.165, 1.54) is 17.3 Å². The van der Waals surface area contributed by atoms with Crippen LogP contribution in [0, 0.1) is 0 Å². The second-order valence-corrected chi connectivity index (χ2v) is 8.58. The van der Waals surface area contributed by atoms with Crippen LogP contribution in [0.25, 0.3) is 27.8 Å². The monoisotopic (exact) mass is 414 g/mol. The molecule has 5 heteroatoms. The Morgan fingerprint density at radius 1 is 0.966 bits per heavy atom. The third-order valence-electron chi connectivity index (χ3n) is 5.25. The molecule has 0 N–H and O–H groups in total. The van der Waals surface area contributed by atoms with E-state index < -0.39 is 0 Å². The van der Waals surface area contributed by atoms with Crippen molar-refractivity contribution >= 4 is 67.6 Å². The molecule has 1 aromatic heterocycles. The van der Waals surface area contributed by atoms with Crippen molar-refractivity contribution in [3.63, 3.8) is 0 Å². The summed E-state index contributed by atoms with van der Waals surface area (Å²) in [5.41, 5.74) is 3.05. The average molecular weight is 415 g/mol. The molecule has 3 nitrogen and oxygen atoms in total. The number of fused-ring (bicyclic) bond motifs is 2. The fourth-order valence-electron chi connectivity index (χ4n) is 3.87. The summed E-state index contributed by atoms with van der Waals surface area (Å²) in [7, 11) is 0. The van der Waals surface area contributed by atoms with Crippen LogP contribution >= 0.6 is 24.0 Å². The topological polar surface area (TPSA) is 25.2 Å². The summed E-state index contributed by atoms with van der Waals surface area (Å²) < 4.78 is 2.77. The van der Waals surface area contributed by atoms with Crippen LogP contribution in [0.2, 0.25) is 0 Å². The third-order valence-corrected chi connectivity index (χ3v) is 6.55. The van der Waals surface area contributed by atoms with Crippen LogP contribution < -0.4 is 4.90 Å². The Bertz CT molecular complexity index is 1310. The van der Waals surface area contributed by atoms with Gasteiger partial charge >= 0.3 is 0 Å². The molecule has 142 valence electrons. The van der Waals surface area contributed by atoms with E-state index in [0.717, 1.165) is 34.0 Å². The molecule has 1 amide bonds. The number of hydrogen-bond donors (Lipinski definition) is 0. The molecular weight excluding hydrogens is 396 g/mol. The maximum atomic E-state index is 13.3. The molecule has 1 aliphatic rings. The molecule has 0 radical (unpaired) electrons. The van der Waals surface area contributed by atoms with Crippen LogP contribution in [0.15, 0.2) is 77.8 Å². The Kier molecular flexibility index (Phi) is 4.49. The molecule has 1 aliphatic heterocycles. The minimum Gasteiger partial charge on any atom is -0.347 e. The Morgan fingerprint density at radius 2 is 1.69 bits per heavy atom. The first-order valence-electron chi connectivity index (χ1n) is 9.51. The summed E-state index contributed by atoms with van der Waals surface area (Å²) in [5.74, 6) is -0.0651. The van der Waals surface area contributed by atoms with E-state index in [1.54, 1.807) is 4.90 Å². The minimum atomic E-state index is -0.0651. The summed E-state index contributed by atoms with van der Waals surface area (Å²) in [6.45, 7) is 3.00. The lowest BCUT2D eigenvalue weighted by atomic mass is 10.1. The summed E-state index contributed by atoms with van der Waals surface area (Å²) >= 11 is 6.97. The van der Waals surface area contributed by atoms with Crippen molar-refractivity contribution in [2.45, 2.75) is 13.5 Å². The third kappa shape index (κ3) is 2.98. The van der Waals surface area contributed by atoms with Gasteiger partial charge in [-0.15, -0.1) is 0 Å². The zero-order chi connectivity index (χ0) is 20.0. The molecule has 3 aromatic carbocycles. The van der Waals surface area contributed by atoms with Crippen LogP contribution in [-0.4, -0.2) is 14.8 Å². The first-order valence-corrected chi connectivity index (χ1v) is 10.7. The van der Waals surface area contributed by atoms with Crippen LogP contribution in [0.3, 0.4) is 0 Å². The maximum absolute atomic E-state index is 13.3. The molecule has 2 heterocycles. The van der Waals surface area contributed by atoms with Crippen molar-refractivity contribution in [3.05, 3.63) is 83.4 Å². The number of aromatic nitrogens is 1. The summed E-state index contributed by atoms with van der Waals surface area (Å²) in [4.78, 5) is 15.6. The Morgan fingerprint density at radius 3 is 2.52 bits per heavy atom. The van der Waals surface area contributed by atoms with Gasteiger partial charge in [0.05, 0.1) is 10.6 Å². The van der Waals surface area contributed by atoms with E-state index in [0.29, 0.717) is 9.23 Å². The molecule has 1 fully saturated rings. The predicted octanol–water partition coefficient (Wildman–Crippen LogP) is 6.22. The molecule has 0 aliphatic carbocycles. The van der Waals surface area contributed by atoms with E-state index >= 15 is 0 Å². The fourth-order valence-corrected chi connectivity index (χ4v) is 5.15. The number of thiocarbonyl (C=S) groups is 1. The van der Waals surface area contributed by atoms with Crippen molar-refractivity contribution < 1.29 is 4.79 Å². The molecule has 1 saturated heterocycles. The van der Waals surface area contributed by atoms with Gasteiger partial charge in [0, 0.05) is 34.6 Å². The van der Waals surface area contributed by atoms with E-state index in [-0.39, 0.29) is 5.91 Å². The Hall–Kier alpha value is -2.89. The number of nitrogens with zero attached hydrogens (tertiary/aromatic N) is 2. The molecule has 0 spiro atoms. The van der Waals surface area contributed by atoms with E-state index in [2.05, 4.69) is 29.8 Å². The number of aryl methyl sites for hydroxylation is 1. The number of benzene rings is 3. The van der Waals surface area contributed by atoms with Gasteiger partial charge in [0.15, 0.2) is 4.32 Å². The van der Waals surface area contributed by atoms with Gasteiger partial charge in [-0.25, -0.2) is 0 Å². The highest BCUT2D eigenvalue weighted by molar-refractivity contribution is 8.27. The Balaban J connectivity index is 1.60. The molecule has 29 heavy (non-hydrogen) atoms. The van der Waals surface area contributed by atoms with Gasteiger partial charge in [-0.1, -0.05) is 78.6 Å². The molecule has 0 saturated carbocycles. The second-order valence-electron chi connectivity index (χ2n) is 6.90. The number of hydrogen-bond acceptors (Lipinski definition) is 3. The highest BCUT2D eigenvalue weighted by Crippen LogP contribution is 2.39. The van der Waals surface area contributed by atoms with Crippen molar-refractivity contribution in [2.75, 3.05) is 4.90 Å². The molecular formula is C24H18N2OS2. The number of thioether (sulfide) groups is 1. The van der Waals surface area contributed by atoms with Crippen molar-refractivity contribution in [1.29, 1.82) is 0 Å². The number of rotatable bonds is 3. The van der Waals surface area contributed by atoms with Gasteiger partial charge in [0.25, 0.3) is 5.91 Å². The normalized spacial score (nSPS) is 15.9. The standard InChI is InChI=1S/C24H18N2OS2/c1-2-25-15-17(19-11-5-6-12-20(19)25)14-22-23(27)26(24(28)29-22)21-13-7-9-16-8-3-4-10-18(16)21/h3-15H,2H2,1H3/b22-14+. The zero-order valence-corrected chi connectivity index (χ0v) is 17.5. The second kappa shape index (κ2) is 7.17. The van der Waals surface area contributed by atoms with Gasteiger partial charge < -0.3 is 4.57 Å². The number of carbonyl (C=O) groups is 1. The van der Waals surface area contributed by atoms with Crippen molar-refractivity contribution in [2.24, 2.45) is 0 Å². The SMILES string of the molecule is CCn1cc(/C=C2/SC(=S)N(c3cccc4ccccc34)C2=O)c2ccccc21. The highest BCUT2D eigenvalue weighted by Gasteiger charge is 2.34.